The van der Waals surface area contributed by atoms with E-state index in [-0.39, 0.29) is 6.04 Å². The van der Waals surface area contributed by atoms with Crippen LogP contribution in [0.25, 0.3) is 0 Å². The fourth-order valence-corrected chi connectivity index (χ4v) is 2.72. The number of terminal acetylenes is 1. The van der Waals surface area contributed by atoms with E-state index in [1.54, 1.807) is 32.9 Å². The molecule has 0 spiro atoms. The molecule has 2 atom stereocenters. The topological polar surface area (TPSA) is 76.7 Å². The molecule has 1 amide bonds. The number of nitrogens with one attached hydrogen (secondary N) is 2. The van der Waals surface area contributed by atoms with Crippen LogP contribution in [0.2, 0.25) is 0 Å². The number of carbonyl (C=O) groups excluding carboxylic acids is 2. The highest BCUT2D eigenvalue weighted by atomic mass is 16.6. The molecule has 2 rings (SSSR count). The highest BCUT2D eigenvalue weighted by molar-refractivity contribution is 5.79. The van der Waals surface area contributed by atoms with Crippen LogP contribution in [0.1, 0.15) is 44.4 Å². The summed E-state index contributed by atoms with van der Waals surface area (Å²) in [6.45, 7) is 5.39. The van der Waals surface area contributed by atoms with Crippen molar-refractivity contribution in [3.63, 3.8) is 0 Å². The quantitative estimate of drug-likeness (QED) is 0.647. The van der Waals surface area contributed by atoms with Crippen LogP contribution in [0.5, 0.6) is 5.75 Å². The van der Waals surface area contributed by atoms with Gasteiger partial charge >= 0.3 is 12.1 Å². The second-order valence-corrected chi connectivity index (χ2v) is 6.89. The van der Waals surface area contributed by atoms with Crippen LogP contribution in [0.3, 0.4) is 0 Å². The normalized spacial score (nSPS) is 17.2. The first-order valence-corrected chi connectivity index (χ1v) is 8.21. The summed E-state index contributed by atoms with van der Waals surface area (Å²) in [6, 6.07) is 4.55. The summed E-state index contributed by atoms with van der Waals surface area (Å²) in [6.07, 6.45) is 6.65. The lowest BCUT2D eigenvalue weighted by molar-refractivity contribution is -0.156. The molecule has 1 aliphatic rings. The van der Waals surface area contributed by atoms with Gasteiger partial charge in [0.25, 0.3) is 0 Å². The van der Waals surface area contributed by atoms with Crippen molar-refractivity contribution in [3.8, 4) is 18.1 Å². The van der Waals surface area contributed by atoms with Crippen molar-refractivity contribution in [1.29, 1.82) is 0 Å². The second kappa shape index (κ2) is 7.58. The van der Waals surface area contributed by atoms with Crippen molar-refractivity contribution in [2.24, 2.45) is 0 Å². The molecule has 0 fully saturated rings. The Morgan fingerprint density at radius 2 is 2.08 bits per heavy atom. The molecular formula is C19H24N2O4. The third-order valence-corrected chi connectivity index (χ3v) is 3.79. The molecule has 1 aromatic carbocycles. The number of amides is 1. The fraction of sp³-hybridized carbons (Fsp3) is 0.474. The first kappa shape index (κ1) is 18.8. The van der Waals surface area contributed by atoms with Gasteiger partial charge in [0.1, 0.15) is 11.4 Å². The smallest absolute Gasteiger partial charge is 0.412 e. The largest absolute Gasteiger partial charge is 0.458 e. The third-order valence-electron chi connectivity index (χ3n) is 3.79. The molecule has 1 unspecified atom stereocenters. The summed E-state index contributed by atoms with van der Waals surface area (Å²) in [5, 5.41) is 5.58. The molecule has 134 valence electrons. The van der Waals surface area contributed by atoms with Crippen LogP contribution in [-0.2, 0) is 16.0 Å². The van der Waals surface area contributed by atoms with Crippen molar-refractivity contribution >= 4 is 12.1 Å². The van der Waals surface area contributed by atoms with E-state index in [1.807, 2.05) is 6.07 Å². The lowest BCUT2D eigenvalue weighted by atomic mass is 10.1. The lowest BCUT2D eigenvalue weighted by Gasteiger charge is -2.24. The molecule has 0 heterocycles. The van der Waals surface area contributed by atoms with Gasteiger partial charge < -0.3 is 14.8 Å². The van der Waals surface area contributed by atoms with Gasteiger partial charge in [0.05, 0.1) is 0 Å². The van der Waals surface area contributed by atoms with E-state index in [9.17, 15) is 9.59 Å². The van der Waals surface area contributed by atoms with Gasteiger partial charge in [-0.05, 0) is 56.9 Å². The van der Waals surface area contributed by atoms with Crippen molar-refractivity contribution in [1.82, 2.24) is 10.6 Å². The van der Waals surface area contributed by atoms with E-state index in [0.717, 1.165) is 24.0 Å². The lowest BCUT2D eigenvalue weighted by Crippen LogP contribution is -2.41. The van der Waals surface area contributed by atoms with Crippen molar-refractivity contribution in [2.75, 3.05) is 7.05 Å². The highest BCUT2D eigenvalue weighted by Gasteiger charge is 2.30. The van der Waals surface area contributed by atoms with Crippen LogP contribution in [0, 0.1) is 12.3 Å². The zero-order chi connectivity index (χ0) is 18.6. The van der Waals surface area contributed by atoms with E-state index in [2.05, 4.69) is 16.6 Å². The minimum absolute atomic E-state index is 0.100. The van der Waals surface area contributed by atoms with E-state index >= 15 is 0 Å². The van der Waals surface area contributed by atoms with Gasteiger partial charge in [-0.2, -0.15) is 0 Å². The molecule has 0 saturated carbocycles. The van der Waals surface area contributed by atoms with Crippen LogP contribution < -0.4 is 15.4 Å². The Kier molecular flexibility index (Phi) is 5.70. The predicted octanol–water partition coefficient (Wildman–Crippen LogP) is 2.33. The van der Waals surface area contributed by atoms with Crippen molar-refractivity contribution in [3.05, 3.63) is 29.3 Å². The number of benzene rings is 1. The Balaban J connectivity index is 2.13. The van der Waals surface area contributed by atoms with Crippen LogP contribution in [-0.4, -0.2) is 30.8 Å². The standard InChI is InChI=1S/C19H24N2O4/c1-6-15(17(22)25-19(2,3)4)21-16-10-8-12-7-9-13(11-14(12)16)24-18(23)20-5/h1,7,9,11,15-16,21H,8,10H2,2-5H3,(H,20,23)/t15-,16?/m1/s1. The molecule has 1 aliphatic carbocycles. The molecule has 0 aliphatic heterocycles. The van der Waals surface area contributed by atoms with Crippen LogP contribution >= 0.6 is 0 Å². The monoisotopic (exact) mass is 344 g/mol. The maximum atomic E-state index is 12.2. The summed E-state index contributed by atoms with van der Waals surface area (Å²) in [5.41, 5.74) is 1.52. The zero-order valence-corrected chi connectivity index (χ0v) is 15.0. The number of esters is 1. The SMILES string of the molecule is C#C[C@@H](NC1CCc2ccc(OC(=O)NC)cc21)C(=O)OC(C)(C)C. The third kappa shape index (κ3) is 4.97. The Bertz CT molecular complexity index is 700. The summed E-state index contributed by atoms with van der Waals surface area (Å²) < 4.78 is 10.5. The Hall–Kier alpha value is -2.52. The zero-order valence-electron chi connectivity index (χ0n) is 15.0. The maximum absolute atomic E-state index is 12.2. The molecular weight excluding hydrogens is 320 g/mol. The van der Waals surface area contributed by atoms with Gasteiger partial charge in [-0.1, -0.05) is 12.0 Å². The number of carbonyl (C=O) groups is 2. The molecule has 25 heavy (non-hydrogen) atoms. The number of hydrogen-bond acceptors (Lipinski definition) is 5. The van der Waals surface area contributed by atoms with Gasteiger partial charge in [-0.25, -0.2) is 9.59 Å². The summed E-state index contributed by atoms with van der Waals surface area (Å²) in [5.74, 6) is 2.43. The van der Waals surface area contributed by atoms with E-state index in [0.29, 0.717) is 5.75 Å². The molecule has 0 saturated heterocycles. The molecule has 1 aromatic rings. The Morgan fingerprint density at radius 1 is 1.36 bits per heavy atom. The summed E-state index contributed by atoms with van der Waals surface area (Å²) >= 11 is 0. The maximum Gasteiger partial charge on any atom is 0.412 e. The van der Waals surface area contributed by atoms with Gasteiger partial charge in [0.2, 0.25) is 0 Å². The van der Waals surface area contributed by atoms with Crippen molar-refractivity contribution < 1.29 is 19.1 Å². The highest BCUT2D eigenvalue weighted by Crippen LogP contribution is 2.34. The van der Waals surface area contributed by atoms with Crippen LogP contribution in [0.4, 0.5) is 4.79 Å². The van der Waals surface area contributed by atoms with E-state index in [4.69, 9.17) is 15.9 Å². The number of aryl methyl sites for hydroxylation is 1. The molecule has 6 nitrogen and oxygen atoms in total. The number of ether oxygens (including phenoxy) is 2. The van der Waals surface area contributed by atoms with Gasteiger partial charge in [0.15, 0.2) is 6.04 Å². The number of rotatable bonds is 4. The van der Waals surface area contributed by atoms with Gasteiger partial charge in [-0.3, -0.25) is 5.32 Å². The first-order chi connectivity index (χ1) is 11.7. The number of hydrogen-bond donors (Lipinski definition) is 2. The molecule has 0 radical (unpaired) electrons. The molecule has 0 bridgehead atoms. The van der Waals surface area contributed by atoms with E-state index in [1.165, 1.54) is 7.05 Å². The van der Waals surface area contributed by atoms with Gasteiger partial charge in [-0.15, -0.1) is 6.42 Å². The summed E-state index contributed by atoms with van der Waals surface area (Å²) in [7, 11) is 1.50. The fourth-order valence-electron chi connectivity index (χ4n) is 2.72. The second-order valence-electron chi connectivity index (χ2n) is 6.89. The van der Waals surface area contributed by atoms with Crippen molar-refractivity contribution in [2.45, 2.75) is 51.3 Å². The van der Waals surface area contributed by atoms with Crippen LogP contribution in [0.15, 0.2) is 18.2 Å². The minimum Gasteiger partial charge on any atom is -0.458 e. The Morgan fingerprint density at radius 3 is 2.68 bits per heavy atom. The first-order valence-electron chi connectivity index (χ1n) is 8.21. The van der Waals surface area contributed by atoms with Gasteiger partial charge in [0, 0.05) is 13.1 Å². The minimum atomic E-state index is -0.835. The van der Waals surface area contributed by atoms with E-state index < -0.39 is 23.7 Å². The molecule has 6 heteroatoms. The average molecular weight is 344 g/mol. The number of fused-ring (bicyclic) bond motifs is 1. The molecule has 0 aromatic heterocycles. The predicted molar refractivity (Wildman–Crippen MR) is 94.2 cm³/mol. The Labute approximate surface area is 148 Å². The average Bonchev–Trinajstić information content (AvgIpc) is 2.92. The molecule has 2 N–H and O–H groups in total. The summed E-state index contributed by atoms with van der Waals surface area (Å²) in [4.78, 5) is 23.6.